The first kappa shape index (κ1) is 26.4. The Hall–Kier alpha value is -4.23. The Balaban J connectivity index is 1.56. The fourth-order valence-electron chi connectivity index (χ4n) is 4.36. The number of nitrogens with one attached hydrogen (secondary N) is 1. The minimum absolute atomic E-state index is 0.222. The van der Waals surface area contributed by atoms with E-state index in [0.717, 1.165) is 24.5 Å². The van der Waals surface area contributed by atoms with Gasteiger partial charge in [-0.05, 0) is 24.3 Å². The number of methoxy groups -OCH3 is 1. The highest BCUT2D eigenvalue weighted by molar-refractivity contribution is 7.92. The zero-order chi connectivity index (χ0) is 27.6. The Morgan fingerprint density at radius 1 is 1.21 bits per heavy atom. The summed E-state index contributed by atoms with van der Waals surface area (Å²) >= 11 is 0. The Labute approximate surface area is 226 Å². The molecule has 39 heavy (non-hydrogen) atoms. The van der Waals surface area contributed by atoms with Crippen molar-refractivity contribution in [3.05, 3.63) is 65.6 Å². The zero-order valence-electron chi connectivity index (χ0n) is 22.0. The van der Waals surface area contributed by atoms with Crippen LogP contribution >= 0.6 is 0 Å². The van der Waals surface area contributed by atoms with Crippen molar-refractivity contribution < 1.29 is 13.7 Å². The minimum Gasteiger partial charge on any atom is -0.495 e. The van der Waals surface area contributed by atoms with Crippen molar-refractivity contribution in [2.75, 3.05) is 56.1 Å². The Bertz CT molecular complexity index is 1710. The smallest absolute Gasteiger partial charge is 0.278 e. The van der Waals surface area contributed by atoms with E-state index in [2.05, 4.69) is 36.1 Å². The van der Waals surface area contributed by atoms with E-state index in [1.54, 1.807) is 36.1 Å². The van der Waals surface area contributed by atoms with Gasteiger partial charge in [0.05, 0.1) is 32.6 Å². The third kappa shape index (κ3) is 5.64. The Morgan fingerprint density at radius 3 is 2.72 bits per heavy atom. The standard InChI is InChI=1S/C26H30N8O4S/c1-5-11-33-25(35)19-17-27-26(28-18-9-10-20(21(16-18)37-2)32-12-14-38-15-13-32)30-24(19)34(33)23-8-6-7-22(29-23)31-39(3,4)36/h5-10,16-17H,1,11-15H2,2-4H3,(H,27,28,30). The van der Waals surface area contributed by atoms with E-state index in [4.69, 9.17) is 9.47 Å². The van der Waals surface area contributed by atoms with Crippen LogP contribution in [0.4, 0.5) is 23.1 Å². The number of anilines is 3. The predicted molar refractivity (Wildman–Crippen MR) is 153 cm³/mol. The lowest BCUT2D eigenvalue weighted by Crippen LogP contribution is -2.36. The fourth-order valence-corrected chi connectivity index (χ4v) is 4.92. The SMILES string of the molecule is C=CCn1c(=O)c2cnc(Nc3ccc(N4CCOCC4)c(OC)c3)nc2n1-c1cccc(N=S(C)(C)=O)n1. The summed E-state index contributed by atoms with van der Waals surface area (Å²) in [6, 6.07) is 10.9. The van der Waals surface area contributed by atoms with Gasteiger partial charge in [0.15, 0.2) is 17.3 Å². The molecule has 0 radical (unpaired) electrons. The summed E-state index contributed by atoms with van der Waals surface area (Å²) in [5.74, 6) is 1.70. The van der Waals surface area contributed by atoms with E-state index < -0.39 is 9.73 Å². The van der Waals surface area contributed by atoms with E-state index in [9.17, 15) is 9.00 Å². The number of allylic oxidation sites excluding steroid dienone is 1. The first-order chi connectivity index (χ1) is 18.8. The van der Waals surface area contributed by atoms with Gasteiger partial charge in [-0.25, -0.2) is 23.5 Å². The van der Waals surface area contributed by atoms with Crippen LogP contribution in [0.1, 0.15) is 0 Å². The number of nitrogens with zero attached hydrogens (tertiary/aromatic N) is 7. The third-order valence-electron chi connectivity index (χ3n) is 6.02. The second kappa shape index (κ2) is 10.9. The van der Waals surface area contributed by atoms with Gasteiger partial charge in [0.2, 0.25) is 5.95 Å². The monoisotopic (exact) mass is 550 g/mol. The summed E-state index contributed by atoms with van der Waals surface area (Å²) in [6.45, 7) is 6.92. The molecular weight excluding hydrogens is 520 g/mol. The van der Waals surface area contributed by atoms with Gasteiger partial charge in [-0.15, -0.1) is 6.58 Å². The fraction of sp³-hybridized carbons (Fsp3) is 0.308. The third-order valence-corrected chi connectivity index (χ3v) is 6.64. The molecule has 0 amide bonds. The second-order valence-corrected chi connectivity index (χ2v) is 11.7. The highest BCUT2D eigenvalue weighted by atomic mass is 32.2. The van der Waals surface area contributed by atoms with Crippen LogP contribution in [-0.2, 0) is 21.0 Å². The van der Waals surface area contributed by atoms with Crippen LogP contribution in [0.25, 0.3) is 16.9 Å². The molecule has 4 aromatic rings. The molecule has 3 aromatic heterocycles. The number of benzene rings is 1. The molecule has 0 atom stereocenters. The highest BCUT2D eigenvalue weighted by Gasteiger charge is 2.19. The average Bonchev–Trinajstić information content (AvgIpc) is 3.19. The van der Waals surface area contributed by atoms with E-state index in [1.807, 2.05) is 18.2 Å². The molecule has 0 bridgehead atoms. The molecule has 0 aliphatic carbocycles. The summed E-state index contributed by atoms with van der Waals surface area (Å²) in [5.41, 5.74) is 1.78. The van der Waals surface area contributed by atoms with Crippen molar-refractivity contribution >= 4 is 43.9 Å². The van der Waals surface area contributed by atoms with Crippen LogP contribution in [-0.4, -0.2) is 74.4 Å². The van der Waals surface area contributed by atoms with Gasteiger partial charge in [-0.1, -0.05) is 12.1 Å². The maximum absolute atomic E-state index is 13.2. The predicted octanol–water partition coefficient (Wildman–Crippen LogP) is 3.11. The number of hydrogen-bond donors (Lipinski definition) is 1. The molecule has 1 N–H and O–H groups in total. The van der Waals surface area contributed by atoms with Crippen LogP contribution in [0.2, 0.25) is 0 Å². The summed E-state index contributed by atoms with van der Waals surface area (Å²) in [4.78, 5) is 29.1. The van der Waals surface area contributed by atoms with Gasteiger partial charge < -0.3 is 19.7 Å². The van der Waals surface area contributed by atoms with Gasteiger partial charge in [-0.2, -0.15) is 9.35 Å². The van der Waals surface area contributed by atoms with Crippen molar-refractivity contribution in [1.82, 2.24) is 24.3 Å². The molecule has 1 aliphatic rings. The number of rotatable bonds is 8. The lowest BCUT2D eigenvalue weighted by atomic mass is 10.2. The molecule has 5 rings (SSSR count). The number of aromatic nitrogens is 5. The van der Waals surface area contributed by atoms with Gasteiger partial charge in [0.1, 0.15) is 11.1 Å². The molecule has 12 nitrogen and oxygen atoms in total. The molecule has 0 unspecified atom stereocenters. The Kier molecular flexibility index (Phi) is 7.35. The first-order valence-electron chi connectivity index (χ1n) is 12.3. The van der Waals surface area contributed by atoms with E-state index >= 15 is 0 Å². The number of pyridine rings is 1. The number of morpholine rings is 1. The zero-order valence-corrected chi connectivity index (χ0v) is 22.8. The molecule has 0 spiro atoms. The molecule has 1 fully saturated rings. The average molecular weight is 551 g/mol. The quantitative estimate of drug-likeness (QED) is 0.329. The molecule has 4 heterocycles. The molecule has 1 aliphatic heterocycles. The molecular formula is C26H30N8O4S. The number of hydrogen-bond acceptors (Lipinski definition) is 10. The van der Waals surface area contributed by atoms with Gasteiger partial charge >= 0.3 is 0 Å². The summed E-state index contributed by atoms with van der Waals surface area (Å²) in [5, 5.41) is 3.54. The van der Waals surface area contributed by atoms with Gasteiger partial charge in [0, 0.05) is 53.3 Å². The first-order valence-corrected chi connectivity index (χ1v) is 14.6. The minimum atomic E-state index is -2.43. The van der Waals surface area contributed by atoms with Crippen LogP contribution in [0.3, 0.4) is 0 Å². The largest absolute Gasteiger partial charge is 0.495 e. The molecule has 1 saturated heterocycles. The number of ether oxygens (including phenoxy) is 2. The van der Waals surface area contributed by atoms with Gasteiger partial charge in [0.25, 0.3) is 5.56 Å². The van der Waals surface area contributed by atoms with Crippen molar-refractivity contribution in [3.8, 4) is 11.6 Å². The Morgan fingerprint density at radius 2 is 2.00 bits per heavy atom. The van der Waals surface area contributed by atoms with Crippen molar-refractivity contribution in [2.45, 2.75) is 6.54 Å². The summed E-state index contributed by atoms with van der Waals surface area (Å²) < 4.78 is 30.6. The summed E-state index contributed by atoms with van der Waals surface area (Å²) in [7, 11) is -0.793. The van der Waals surface area contributed by atoms with Crippen molar-refractivity contribution in [1.29, 1.82) is 0 Å². The summed E-state index contributed by atoms with van der Waals surface area (Å²) in [6.07, 6.45) is 6.17. The maximum atomic E-state index is 13.2. The van der Waals surface area contributed by atoms with Crippen LogP contribution in [0.5, 0.6) is 5.75 Å². The van der Waals surface area contributed by atoms with Crippen LogP contribution in [0, 0.1) is 0 Å². The number of fused-ring (bicyclic) bond motifs is 1. The van der Waals surface area contributed by atoms with Crippen LogP contribution in [0.15, 0.2) is 64.4 Å². The molecule has 1 aromatic carbocycles. The lowest BCUT2D eigenvalue weighted by molar-refractivity contribution is 0.122. The molecule has 13 heteroatoms. The maximum Gasteiger partial charge on any atom is 0.278 e. The normalized spacial score (nSPS) is 13.9. The second-order valence-electron chi connectivity index (χ2n) is 9.16. The van der Waals surface area contributed by atoms with E-state index in [0.29, 0.717) is 47.6 Å². The molecule has 204 valence electrons. The van der Waals surface area contributed by atoms with E-state index in [-0.39, 0.29) is 12.1 Å². The van der Waals surface area contributed by atoms with Crippen LogP contribution < -0.4 is 20.5 Å². The lowest BCUT2D eigenvalue weighted by Gasteiger charge is -2.30. The highest BCUT2D eigenvalue weighted by Crippen LogP contribution is 2.32. The topological polar surface area (TPSA) is 129 Å². The van der Waals surface area contributed by atoms with Gasteiger partial charge in [-0.3, -0.25) is 4.79 Å². The molecule has 0 saturated carbocycles. The van der Waals surface area contributed by atoms with Crippen molar-refractivity contribution in [2.24, 2.45) is 4.36 Å². The van der Waals surface area contributed by atoms with E-state index in [1.165, 1.54) is 23.4 Å². The van der Waals surface area contributed by atoms with Crippen molar-refractivity contribution in [3.63, 3.8) is 0 Å².